The molecule has 0 aliphatic heterocycles. The lowest BCUT2D eigenvalue weighted by molar-refractivity contribution is 0.405. The molecule has 0 saturated heterocycles. The van der Waals surface area contributed by atoms with E-state index in [-0.39, 0.29) is 5.54 Å². The van der Waals surface area contributed by atoms with E-state index >= 15 is 0 Å². The molecule has 10 heavy (non-hydrogen) atoms. The molecule has 1 heteroatoms. The van der Waals surface area contributed by atoms with Crippen LogP contribution < -0.4 is 5.32 Å². The summed E-state index contributed by atoms with van der Waals surface area (Å²) in [6, 6.07) is 0. The van der Waals surface area contributed by atoms with Gasteiger partial charge < -0.3 is 5.32 Å². The average Bonchev–Trinajstić information content (AvgIpc) is 1.81. The van der Waals surface area contributed by atoms with Crippen molar-refractivity contribution in [2.24, 2.45) is 5.92 Å². The topological polar surface area (TPSA) is 12.0 Å². The SMILES string of the molecule is C=CC(C)CNC(C)(C)C. The molecule has 0 fully saturated rings. The van der Waals surface area contributed by atoms with Gasteiger partial charge in [0.15, 0.2) is 0 Å². The summed E-state index contributed by atoms with van der Waals surface area (Å²) in [6.45, 7) is 13.4. The molecule has 0 spiro atoms. The summed E-state index contributed by atoms with van der Waals surface area (Å²) < 4.78 is 0. The van der Waals surface area contributed by atoms with Gasteiger partial charge in [0.25, 0.3) is 0 Å². The minimum Gasteiger partial charge on any atom is -0.311 e. The van der Waals surface area contributed by atoms with Crippen LogP contribution in [-0.2, 0) is 0 Å². The van der Waals surface area contributed by atoms with Gasteiger partial charge in [-0.3, -0.25) is 0 Å². The van der Waals surface area contributed by atoms with Gasteiger partial charge in [-0.2, -0.15) is 0 Å². The van der Waals surface area contributed by atoms with E-state index in [0.29, 0.717) is 5.92 Å². The summed E-state index contributed by atoms with van der Waals surface area (Å²) in [5.41, 5.74) is 0.233. The Hall–Kier alpha value is -0.300. The number of hydrogen-bond donors (Lipinski definition) is 1. The van der Waals surface area contributed by atoms with Crippen molar-refractivity contribution in [1.29, 1.82) is 0 Å². The number of nitrogens with one attached hydrogen (secondary N) is 1. The first-order chi connectivity index (χ1) is 4.45. The molecule has 0 saturated carbocycles. The Kier molecular flexibility index (Phi) is 3.66. The Balaban J connectivity index is 3.45. The Morgan fingerprint density at radius 1 is 1.50 bits per heavy atom. The third-order valence-electron chi connectivity index (χ3n) is 1.36. The van der Waals surface area contributed by atoms with Gasteiger partial charge in [-0.1, -0.05) is 13.0 Å². The molecule has 0 amide bonds. The maximum absolute atomic E-state index is 3.72. The van der Waals surface area contributed by atoms with Crippen molar-refractivity contribution in [2.45, 2.75) is 33.2 Å². The second-order valence-electron chi connectivity index (χ2n) is 3.84. The smallest absolute Gasteiger partial charge is 0.00967 e. The van der Waals surface area contributed by atoms with E-state index in [1.807, 2.05) is 6.08 Å². The van der Waals surface area contributed by atoms with Crippen molar-refractivity contribution in [3.8, 4) is 0 Å². The first kappa shape index (κ1) is 9.70. The molecule has 0 aromatic heterocycles. The molecule has 0 heterocycles. The standard InChI is InChI=1S/C9H19N/c1-6-8(2)7-10-9(3,4)5/h6,8,10H,1,7H2,2-5H3. The second kappa shape index (κ2) is 3.77. The van der Waals surface area contributed by atoms with Crippen molar-refractivity contribution >= 4 is 0 Å². The Bertz CT molecular complexity index is 99.8. The second-order valence-corrected chi connectivity index (χ2v) is 3.84. The van der Waals surface area contributed by atoms with E-state index < -0.39 is 0 Å². The Morgan fingerprint density at radius 2 is 2.00 bits per heavy atom. The van der Waals surface area contributed by atoms with Crippen molar-refractivity contribution in [3.63, 3.8) is 0 Å². The molecule has 0 bridgehead atoms. The van der Waals surface area contributed by atoms with Crippen LogP contribution in [0.5, 0.6) is 0 Å². The molecule has 0 rings (SSSR count). The van der Waals surface area contributed by atoms with Gasteiger partial charge >= 0.3 is 0 Å². The van der Waals surface area contributed by atoms with Gasteiger partial charge in [0.1, 0.15) is 0 Å². The highest BCUT2D eigenvalue weighted by Gasteiger charge is 2.08. The molecule has 0 aromatic rings. The fourth-order valence-corrected chi connectivity index (χ4v) is 0.551. The maximum atomic E-state index is 3.72. The van der Waals surface area contributed by atoms with Crippen molar-refractivity contribution in [2.75, 3.05) is 6.54 Å². The average molecular weight is 141 g/mol. The van der Waals surface area contributed by atoms with Crippen molar-refractivity contribution < 1.29 is 0 Å². The molecule has 0 radical (unpaired) electrons. The zero-order chi connectivity index (χ0) is 8.20. The summed E-state index contributed by atoms with van der Waals surface area (Å²) in [6.07, 6.45) is 1.97. The van der Waals surface area contributed by atoms with Crippen molar-refractivity contribution in [3.05, 3.63) is 12.7 Å². The monoisotopic (exact) mass is 141 g/mol. The van der Waals surface area contributed by atoms with E-state index in [0.717, 1.165) is 6.54 Å². The van der Waals surface area contributed by atoms with Crippen LogP contribution in [0.1, 0.15) is 27.7 Å². The van der Waals surface area contributed by atoms with Crippen LogP contribution in [0.2, 0.25) is 0 Å². The van der Waals surface area contributed by atoms with Gasteiger partial charge in [0.2, 0.25) is 0 Å². The fraction of sp³-hybridized carbons (Fsp3) is 0.778. The summed E-state index contributed by atoms with van der Waals surface area (Å²) in [4.78, 5) is 0. The third kappa shape index (κ3) is 5.83. The van der Waals surface area contributed by atoms with Crippen LogP contribution in [0, 0.1) is 5.92 Å². The number of rotatable bonds is 3. The molecule has 0 aliphatic rings. The zero-order valence-corrected chi connectivity index (χ0v) is 7.57. The molecular formula is C9H19N. The normalized spacial score (nSPS) is 14.8. The van der Waals surface area contributed by atoms with E-state index in [9.17, 15) is 0 Å². The lowest BCUT2D eigenvalue weighted by Crippen LogP contribution is -2.38. The first-order valence-electron chi connectivity index (χ1n) is 3.83. The van der Waals surface area contributed by atoms with Crippen LogP contribution in [0.3, 0.4) is 0 Å². The predicted octanol–water partition coefficient (Wildman–Crippen LogP) is 2.20. The lowest BCUT2D eigenvalue weighted by atomic mass is 10.1. The summed E-state index contributed by atoms with van der Waals surface area (Å²) >= 11 is 0. The van der Waals surface area contributed by atoms with Crippen LogP contribution in [0.25, 0.3) is 0 Å². The zero-order valence-electron chi connectivity index (χ0n) is 7.57. The van der Waals surface area contributed by atoms with Crippen LogP contribution in [0.15, 0.2) is 12.7 Å². The van der Waals surface area contributed by atoms with Gasteiger partial charge in [-0.15, -0.1) is 6.58 Å². The van der Waals surface area contributed by atoms with Crippen LogP contribution in [0.4, 0.5) is 0 Å². The summed E-state index contributed by atoms with van der Waals surface area (Å²) in [5.74, 6) is 0.569. The summed E-state index contributed by atoms with van der Waals surface area (Å²) in [5, 5.41) is 3.40. The van der Waals surface area contributed by atoms with Gasteiger partial charge in [0.05, 0.1) is 0 Å². The Labute approximate surface area is 64.5 Å². The molecular weight excluding hydrogens is 122 g/mol. The molecule has 1 N–H and O–H groups in total. The third-order valence-corrected chi connectivity index (χ3v) is 1.36. The van der Waals surface area contributed by atoms with E-state index in [4.69, 9.17) is 0 Å². The van der Waals surface area contributed by atoms with Gasteiger partial charge in [-0.25, -0.2) is 0 Å². The fourth-order valence-electron chi connectivity index (χ4n) is 0.551. The molecule has 1 nitrogen and oxygen atoms in total. The first-order valence-corrected chi connectivity index (χ1v) is 3.83. The highest BCUT2D eigenvalue weighted by Crippen LogP contribution is 2.01. The van der Waals surface area contributed by atoms with Crippen LogP contribution >= 0.6 is 0 Å². The van der Waals surface area contributed by atoms with Crippen molar-refractivity contribution in [1.82, 2.24) is 5.32 Å². The highest BCUT2D eigenvalue weighted by molar-refractivity contribution is 4.80. The lowest BCUT2D eigenvalue weighted by Gasteiger charge is -2.22. The summed E-state index contributed by atoms with van der Waals surface area (Å²) in [7, 11) is 0. The largest absolute Gasteiger partial charge is 0.311 e. The Morgan fingerprint density at radius 3 is 2.30 bits per heavy atom. The van der Waals surface area contributed by atoms with E-state index in [2.05, 4.69) is 39.6 Å². The minimum atomic E-state index is 0.233. The molecule has 1 unspecified atom stereocenters. The van der Waals surface area contributed by atoms with Gasteiger partial charge in [-0.05, 0) is 26.7 Å². The molecule has 0 aromatic carbocycles. The van der Waals surface area contributed by atoms with E-state index in [1.54, 1.807) is 0 Å². The predicted molar refractivity (Wildman–Crippen MR) is 47.1 cm³/mol. The quantitative estimate of drug-likeness (QED) is 0.594. The van der Waals surface area contributed by atoms with Crippen LogP contribution in [-0.4, -0.2) is 12.1 Å². The van der Waals surface area contributed by atoms with E-state index in [1.165, 1.54) is 0 Å². The number of hydrogen-bond acceptors (Lipinski definition) is 1. The minimum absolute atomic E-state index is 0.233. The highest BCUT2D eigenvalue weighted by atomic mass is 14.9. The molecule has 60 valence electrons. The molecule has 0 aliphatic carbocycles. The maximum Gasteiger partial charge on any atom is 0.00967 e. The molecule has 1 atom stereocenters. The van der Waals surface area contributed by atoms with Gasteiger partial charge in [0, 0.05) is 12.1 Å².